The van der Waals surface area contributed by atoms with Crippen molar-refractivity contribution in [3.63, 3.8) is 0 Å². The largest absolute Gasteiger partial charge is 0.490 e. The van der Waals surface area contributed by atoms with E-state index in [1.807, 2.05) is 25.1 Å². The van der Waals surface area contributed by atoms with Gasteiger partial charge in [-0.05, 0) is 50.3 Å². The zero-order valence-electron chi connectivity index (χ0n) is 11.9. The minimum absolute atomic E-state index is 0.338. The van der Waals surface area contributed by atoms with Crippen molar-refractivity contribution in [2.24, 2.45) is 5.73 Å². The van der Waals surface area contributed by atoms with Gasteiger partial charge in [0, 0.05) is 6.54 Å². The van der Waals surface area contributed by atoms with E-state index in [2.05, 4.69) is 0 Å². The number of hydrogen-bond donors (Lipinski definition) is 1. The molecule has 106 valence electrons. The highest BCUT2D eigenvalue weighted by atomic mass is 16.5. The molecule has 1 aromatic carbocycles. The molecule has 1 aliphatic rings. The first-order valence-electron chi connectivity index (χ1n) is 7.46. The van der Waals surface area contributed by atoms with Crippen molar-refractivity contribution < 1.29 is 9.47 Å². The highest BCUT2D eigenvalue weighted by Crippen LogP contribution is 2.31. The molecule has 0 heterocycles. The van der Waals surface area contributed by atoms with Crippen molar-refractivity contribution in [2.45, 2.75) is 58.1 Å². The van der Waals surface area contributed by atoms with E-state index in [0.717, 1.165) is 29.9 Å². The van der Waals surface area contributed by atoms with Gasteiger partial charge in [-0.15, -0.1) is 0 Å². The molecule has 0 bridgehead atoms. The third-order valence-electron chi connectivity index (χ3n) is 3.64. The van der Waals surface area contributed by atoms with Gasteiger partial charge in [0.15, 0.2) is 11.5 Å². The summed E-state index contributed by atoms with van der Waals surface area (Å²) in [6.45, 7) is 3.17. The van der Waals surface area contributed by atoms with Crippen molar-refractivity contribution in [3.05, 3.63) is 23.8 Å². The minimum Gasteiger partial charge on any atom is -0.490 e. The first-order valence-corrected chi connectivity index (χ1v) is 7.46. The van der Waals surface area contributed by atoms with Crippen LogP contribution in [0.4, 0.5) is 0 Å². The summed E-state index contributed by atoms with van der Waals surface area (Å²) in [7, 11) is 0. The van der Waals surface area contributed by atoms with Crippen molar-refractivity contribution in [1.82, 2.24) is 0 Å². The number of rotatable bonds is 5. The first kappa shape index (κ1) is 14.2. The van der Waals surface area contributed by atoms with Crippen LogP contribution in [0.15, 0.2) is 18.2 Å². The van der Waals surface area contributed by atoms with Crippen molar-refractivity contribution in [3.8, 4) is 11.5 Å². The Morgan fingerprint density at radius 1 is 1.11 bits per heavy atom. The second-order valence-corrected chi connectivity index (χ2v) is 5.15. The molecular weight excluding hydrogens is 238 g/mol. The van der Waals surface area contributed by atoms with Gasteiger partial charge in [0.05, 0.1) is 12.7 Å². The SMILES string of the molecule is CCOc1cc(CN)ccc1OC1CCCCCC1. The monoisotopic (exact) mass is 263 g/mol. The van der Waals surface area contributed by atoms with Gasteiger partial charge in [0.2, 0.25) is 0 Å². The molecule has 3 nitrogen and oxygen atoms in total. The molecule has 0 radical (unpaired) electrons. The Kier molecular flexibility index (Phi) is 5.52. The minimum atomic E-state index is 0.338. The van der Waals surface area contributed by atoms with Crippen LogP contribution in [0.2, 0.25) is 0 Å². The first-order chi connectivity index (χ1) is 9.33. The summed E-state index contributed by atoms with van der Waals surface area (Å²) < 4.78 is 11.8. The molecule has 1 aromatic rings. The second kappa shape index (κ2) is 7.39. The van der Waals surface area contributed by atoms with Crippen LogP contribution in [0.1, 0.15) is 51.0 Å². The van der Waals surface area contributed by atoms with E-state index in [4.69, 9.17) is 15.2 Å². The van der Waals surface area contributed by atoms with E-state index in [-0.39, 0.29) is 0 Å². The lowest BCUT2D eigenvalue weighted by atomic mass is 10.1. The molecule has 0 aromatic heterocycles. The molecule has 19 heavy (non-hydrogen) atoms. The summed E-state index contributed by atoms with van der Waals surface area (Å²) in [4.78, 5) is 0. The molecule has 1 saturated carbocycles. The van der Waals surface area contributed by atoms with Crippen molar-refractivity contribution >= 4 is 0 Å². The molecule has 0 unspecified atom stereocenters. The standard InChI is InChI=1S/C16H25NO2/c1-2-18-16-11-13(12-17)9-10-15(16)19-14-7-5-3-4-6-8-14/h9-11,14H,2-8,12,17H2,1H3. The number of nitrogens with two attached hydrogens (primary N) is 1. The Balaban J connectivity index is 2.08. The third kappa shape index (κ3) is 4.13. The van der Waals surface area contributed by atoms with Crippen LogP contribution in [-0.4, -0.2) is 12.7 Å². The summed E-state index contributed by atoms with van der Waals surface area (Å²) in [6.07, 6.45) is 7.87. The van der Waals surface area contributed by atoms with Crippen LogP contribution in [0.5, 0.6) is 11.5 Å². The molecule has 3 heteroatoms. The average Bonchev–Trinajstić information content (AvgIpc) is 2.69. The molecule has 1 aliphatic carbocycles. The van der Waals surface area contributed by atoms with Gasteiger partial charge >= 0.3 is 0 Å². The fraction of sp³-hybridized carbons (Fsp3) is 0.625. The van der Waals surface area contributed by atoms with Crippen LogP contribution in [0.3, 0.4) is 0 Å². The van der Waals surface area contributed by atoms with Gasteiger partial charge in [-0.25, -0.2) is 0 Å². The van der Waals surface area contributed by atoms with Gasteiger partial charge < -0.3 is 15.2 Å². The van der Waals surface area contributed by atoms with Crippen LogP contribution < -0.4 is 15.2 Å². The van der Waals surface area contributed by atoms with Crippen LogP contribution in [-0.2, 0) is 6.54 Å². The smallest absolute Gasteiger partial charge is 0.161 e. The summed E-state index contributed by atoms with van der Waals surface area (Å²) in [5, 5.41) is 0. The molecule has 2 rings (SSSR count). The van der Waals surface area contributed by atoms with Crippen molar-refractivity contribution in [2.75, 3.05) is 6.61 Å². The predicted molar refractivity (Wildman–Crippen MR) is 77.6 cm³/mol. The number of hydrogen-bond acceptors (Lipinski definition) is 3. The maximum absolute atomic E-state index is 6.15. The van der Waals surface area contributed by atoms with Crippen molar-refractivity contribution in [1.29, 1.82) is 0 Å². The molecule has 0 aliphatic heterocycles. The average molecular weight is 263 g/mol. The Hall–Kier alpha value is -1.22. The molecule has 0 spiro atoms. The second-order valence-electron chi connectivity index (χ2n) is 5.15. The van der Waals surface area contributed by atoms with E-state index < -0.39 is 0 Å². The predicted octanol–water partition coefficient (Wildman–Crippen LogP) is 3.65. The van der Waals surface area contributed by atoms with E-state index in [1.54, 1.807) is 0 Å². The fourth-order valence-electron chi connectivity index (χ4n) is 2.58. The highest BCUT2D eigenvalue weighted by molar-refractivity contribution is 5.43. The molecule has 2 N–H and O–H groups in total. The lowest BCUT2D eigenvalue weighted by Gasteiger charge is -2.19. The van der Waals surface area contributed by atoms with Crippen LogP contribution in [0.25, 0.3) is 0 Å². The maximum atomic E-state index is 6.15. The zero-order valence-corrected chi connectivity index (χ0v) is 11.9. The summed E-state index contributed by atoms with van der Waals surface area (Å²) >= 11 is 0. The third-order valence-corrected chi connectivity index (χ3v) is 3.64. The Bertz CT molecular complexity index is 384. The van der Waals surface area contributed by atoms with Gasteiger partial charge in [-0.3, -0.25) is 0 Å². The normalized spacial score (nSPS) is 16.9. The van der Waals surface area contributed by atoms with E-state index in [0.29, 0.717) is 19.3 Å². The number of ether oxygens (including phenoxy) is 2. The fourth-order valence-corrected chi connectivity index (χ4v) is 2.58. The van der Waals surface area contributed by atoms with E-state index >= 15 is 0 Å². The van der Waals surface area contributed by atoms with Gasteiger partial charge in [0.25, 0.3) is 0 Å². The van der Waals surface area contributed by atoms with Crippen LogP contribution >= 0.6 is 0 Å². The molecular formula is C16H25NO2. The molecule has 1 fully saturated rings. The van der Waals surface area contributed by atoms with Crippen LogP contribution in [0, 0.1) is 0 Å². The summed E-state index contributed by atoms with van der Waals surface area (Å²) in [6, 6.07) is 6.02. The summed E-state index contributed by atoms with van der Waals surface area (Å²) in [5.41, 5.74) is 6.75. The van der Waals surface area contributed by atoms with E-state index in [9.17, 15) is 0 Å². The van der Waals surface area contributed by atoms with Gasteiger partial charge in [0.1, 0.15) is 0 Å². The highest BCUT2D eigenvalue weighted by Gasteiger charge is 2.16. The summed E-state index contributed by atoms with van der Waals surface area (Å²) in [5.74, 6) is 1.70. The zero-order chi connectivity index (χ0) is 13.5. The topological polar surface area (TPSA) is 44.5 Å². The maximum Gasteiger partial charge on any atom is 0.161 e. The van der Waals surface area contributed by atoms with E-state index in [1.165, 1.54) is 25.7 Å². The van der Waals surface area contributed by atoms with Gasteiger partial charge in [-0.2, -0.15) is 0 Å². The van der Waals surface area contributed by atoms with Gasteiger partial charge in [-0.1, -0.05) is 18.9 Å². The Morgan fingerprint density at radius 2 is 1.84 bits per heavy atom. The molecule has 0 amide bonds. The Morgan fingerprint density at radius 3 is 2.47 bits per heavy atom. The molecule has 0 saturated heterocycles. The number of benzene rings is 1. The quantitative estimate of drug-likeness (QED) is 0.825. The Labute approximate surface area is 116 Å². The lowest BCUT2D eigenvalue weighted by molar-refractivity contribution is 0.173. The lowest BCUT2D eigenvalue weighted by Crippen LogP contribution is -2.16. The molecule has 0 atom stereocenters.